The van der Waals surface area contributed by atoms with Crippen molar-refractivity contribution in [2.24, 2.45) is 0 Å². The van der Waals surface area contributed by atoms with E-state index in [2.05, 4.69) is 5.32 Å². The van der Waals surface area contributed by atoms with E-state index in [9.17, 15) is 4.79 Å². The molecule has 0 aromatic carbocycles. The third-order valence-corrected chi connectivity index (χ3v) is 3.24. The summed E-state index contributed by atoms with van der Waals surface area (Å²) in [6.45, 7) is 4.87. The highest BCUT2D eigenvalue weighted by Crippen LogP contribution is 2.09. The van der Waals surface area contributed by atoms with Crippen molar-refractivity contribution in [3.63, 3.8) is 0 Å². The van der Waals surface area contributed by atoms with Gasteiger partial charge in [0.2, 0.25) is 5.91 Å². The second kappa shape index (κ2) is 5.87. The molecule has 94 valence electrons. The van der Waals surface area contributed by atoms with E-state index < -0.39 is 0 Å². The SMILES string of the molecule is Cc1ccoc1CNCC(=O)N1CCCCC1. The Labute approximate surface area is 102 Å². The minimum Gasteiger partial charge on any atom is -0.468 e. The normalized spacial score (nSPS) is 16.2. The molecule has 4 nitrogen and oxygen atoms in total. The molecule has 0 spiro atoms. The van der Waals surface area contributed by atoms with Crippen LogP contribution in [-0.4, -0.2) is 30.4 Å². The van der Waals surface area contributed by atoms with Crippen LogP contribution >= 0.6 is 0 Å². The third kappa shape index (κ3) is 3.33. The average molecular weight is 236 g/mol. The first-order valence-corrected chi connectivity index (χ1v) is 6.29. The van der Waals surface area contributed by atoms with Crippen molar-refractivity contribution in [1.82, 2.24) is 10.2 Å². The van der Waals surface area contributed by atoms with Crippen LogP contribution in [0, 0.1) is 6.92 Å². The summed E-state index contributed by atoms with van der Waals surface area (Å²) < 4.78 is 5.30. The topological polar surface area (TPSA) is 45.5 Å². The van der Waals surface area contributed by atoms with Crippen LogP contribution in [0.5, 0.6) is 0 Å². The lowest BCUT2D eigenvalue weighted by Gasteiger charge is -2.26. The van der Waals surface area contributed by atoms with Gasteiger partial charge in [0.15, 0.2) is 0 Å². The number of hydrogen-bond acceptors (Lipinski definition) is 3. The van der Waals surface area contributed by atoms with Crippen molar-refractivity contribution >= 4 is 5.91 Å². The maximum atomic E-state index is 11.8. The Bertz CT molecular complexity index is 367. The van der Waals surface area contributed by atoms with Gasteiger partial charge in [0.25, 0.3) is 0 Å². The molecule has 2 rings (SSSR count). The molecule has 1 aromatic heterocycles. The van der Waals surface area contributed by atoms with Crippen LogP contribution in [0.3, 0.4) is 0 Å². The molecule has 1 aromatic rings. The first kappa shape index (κ1) is 12.2. The van der Waals surface area contributed by atoms with E-state index in [-0.39, 0.29) is 5.91 Å². The van der Waals surface area contributed by atoms with Crippen LogP contribution in [0.25, 0.3) is 0 Å². The Balaban J connectivity index is 1.71. The van der Waals surface area contributed by atoms with Gasteiger partial charge in [0, 0.05) is 13.1 Å². The van der Waals surface area contributed by atoms with Crippen LogP contribution in [0.1, 0.15) is 30.6 Å². The van der Waals surface area contributed by atoms with Crippen molar-refractivity contribution in [3.8, 4) is 0 Å². The van der Waals surface area contributed by atoms with Crippen LogP contribution < -0.4 is 5.32 Å². The number of likely N-dealkylation sites (tertiary alicyclic amines) is 1. The van der Waals surface area contributed by atoms with Crippen molar-refractivity contribution in [3.05, 3.63) is 23.7 Å². The van der Waals surface area contributed by atoms with Crippen molar-refractivity contribution in [1.29, 1.82) is 0 Å². The van der Waals surface area contributed by atoms with Crippen molar-refractivity contribution < 1.29 is 9.21 Å². The number of nitrogens with zero attached hydrogens (tertiary/aromatic N) is 1. The number of carbonyl (C=O) groups is 1. The Morgan fingerprint density at radius 3 is 2.82 bits per heavy atom. The van der Waals surface area contributed by atoms with Gasteiger partial charge in [0.05, 0.1) is 19.4 Å². The van der Waals surface area contributed by atoms with E-state index in [0.717, 1.165) is 37.3 Å². The summed E-state index contributed by atoms with van der Waals surface area (Å²) in [7, 11) is 0. The third-order valence-electron chi connectivity index (χ3n) is 3.24. The molecule has 0 unspecified atom stereocenters. The number of aryl methyl sites for hydroxylation is 1. The van der Waals surface area contributed by atoms with Gasteiger partial charge in [-0.25, -0.2) is 0 Å². The summed E-state index contributed by atoms with van der Waals surface area (Å²) in [5, 5.41) is 3.14. The summed E-state index contributed by atoms with van der Waals surface area (Å²) >= 11 is 0. The fraction of sp³-hybridized carbons (Fsp3) is 0.615. The van der Waals surface area contributed by atoms with E-state index in [0.29, 0.717) is 13.1 Å². The predicted molar refractivity (Wildman–Crippen MR) is 65.6 cm³/mol. The molecule has 1 amide bonds. The molecule has 1 aliphatic rings. The number of hydrogen-bond donors (Lipinski definition) is 1. The van der Waals surface area contributed by atoms with E-state index in [1.807, 2.05) is 17.9 Å². The summed E-state index contributed by atoms with van der Waals surface area (Å²) in [5.74, 6) is 1.12. The lowest BCUT2D eigenvalue weighted by Crippen LogP contribution is -2.40. The smallest absolute Gasteiger partial charge is 0.236 e. The summed E-state index contributed by atoms with van der Waals surface area (Å²) in [4.78, 5) is 13.8. The number of piperidine rings is 1. The Kier molecular flexibility index (Phi) is 4.20. The van der Waals surface area contributed by atoms with Gasteiger partial charge in [-0.05, 0) is 37.8 Å². The van der Waals surface area contributed by atoms with Crippen LogP contribution in [-0.2, 0) is 11.3 Å². The molecule has 0 aliphatic carbocycles. The molecule has 2 heterocycles. The quantitative estimate of drug-likeness (QED) is 0.865. The van der Waals surface area contributed by atoms with Crippen molar-refractivity contribution in [2.45, 2.75) is 32.7 Å². The molecular weight excluding hydrogens is 216 g/mol. The second-order valence-electron chi connectivity index (χ2n) is 4.57. The van der Waals surface area contributed by atoms with E-state index in [1.54, 1.807) is 6.26 Å². The zero-order valence-corrected chi connectivity index (χ0v) is 10.4. The molecule has 0 atom stereocenters. The minimum atomic E-state index is 0.203. The van der Waals surface area contributed by atoms with Gasteiger partial charge >= 0.3 is 0 Å². The molecule has 0 bridgehead atoms. The molecular formula is C13H20N2O2. The molecule has 4 heteroatoms. The highest BCUT2D eigenvalue weighted by atomic mass is 16.3. The zero-order chi connectivity index (χ0) is 12.1. The monoisotopic (exact) mass is 236 g/mol. The van der Waals surface area contributed by atoms with Gasteiger partial charge in [-0.1, -0.05) is 0 Å². The summed E-state index contributed by atoms with van der Waals surface area (Å²) in [5.41, 5.74) is 1.13. The van der Waals surface area contributed by atoms with E-state index >= 15 is 0 Å². The van der Waals surface area contributed by atoms with Crippen LogP contribution in [0.4, 0.5) is 0 Å². The molecule has 1 aliphatic heterocycles. The number of rotatable bonds is 4. The average Bonchev–Trinajstić information content (AvgIpc) is 2.76. The molecule has 0 saturated carbocycles. The van der Waals surface area contributed by atoms with Gasteiger partial charge in [0.1, 0.15) is 5.76 Å². The molecule has 1 saturated heterocycles. The zero-order valence-electron chi connectivity index (χ0n) is 10.4. The number of amides is 1. The number of nitrogens with one attached hydrogen (secondary N) is 1. The number of carbonyl (C=O) groups excluding carboxylic acids is 1. The molecule has 1 N–H and O–H groups in total. The standard InChI is InChI=1S/C13H20N2O2/c1-11-5-8-17-12(11)9-14-10-13(16)15-6-3-2-4-7-15/h5,8,14H,2-4,6-7,9-10H2,1H3. The lowest BCUT2D eigenvalue weighted by atomic mass is 10.1. The molecule has 17 heavy (non-hydrogen) atoms. The Morgan fingerprint density at radius 2 is 2.18 bits per heavy atom. The summed E-state index contributed by atoms with van der Waals surface area (Å²) in [6.07, 6.45) is 5.22. The highest BCUT2D eigenvalue weighted by Gasteiger charge is 2.15. The van der Waals surface area contributed by atoms with Gasteiger partial charge in [-0.3, -0.25) is 4.79 Å². The maximum absolute atomic E-state index is 11.8. The fourth-order valence-corrected chi connectivity index (χ4v) is 2.12. The highest BCUT2D eigenvalue weighted by molar-refractivity contribution is 5.78. The van der Waals surface area contributed by atoms with Crippen molar-refractivity contribution in [2.75, 3.05) is 19.6 Å². The first-order chi connectivity index (χ1) is 8.27. The first-order valence-electron chi connectivity index (χ1n) is 6.29. The Hall–Kier alpha value is -1.29. The predicted octanol–water partition coefficient (Wildman–Crippen LogP) is 1.69. The van der Waals surface area contributed by atoms with E-state index in [1.165, 1.54) is 6.42 Å². The fourth-order valence-electron chi connectivity index (χ4n) is 2.12. The maximum Gasteiger partial charge on any atom is 0.236 e. The van der Waals surface area contributed by atoms with Gasteiger partial charge in [-0.15, -0.1) is 0 Å². The van der Waals surface area contributed by atoms with Crippen LogP contribution in [0.15, 0.2) is 16.7 Å². The summed E-state index contributed by atoms with van der Waals surface area (Å²) in [6, 6.07) is 1.93. The molecule has 1 fully saturated rings. The largest absolute Gasteiger partial charge is 0.468 e. The van der Waals surface area contributed by atoms with Gasteiger partial charge in [-0.2, -0.15) is 0 Å². The lowest BCUT2D eigenvalue weighted by molar-refractivity contribution is -0.131. The number of furan rings is 1. The second-order valence-corrected chi connectivity index (χ2v) is 4.57. The Morgan fingerprint density at radius 1 is 1.41 bits per heavy atom. The van der Waals surface area contributed by atoms with Crippen LogP contribution in [0.2, 0.25) is 0 Å². The minimum absolute atomic E-state index is 0.203. The van der Waals surface area contributed by atoms with E-state index in [4.69, 9.17) is 4.42 Å². The molecule has 0 radical (unpaired) electrons. The van der Waals surface area contributed by atoms with Gasteiger partial charge < -0.3 is 14.6 Å².